The number of nitrogens with one attached hydrogen (secondary N) is 1. The van der Waals surface area contributed by atoms with Crippen LogP contribution in [0.1, 0.15) is 17.3 Å². The molecule has 0 bridgehead atoms. The number of rotatable bonds is 2. The van der Waals surface area contributed by atoms with Gasteiger partial charge < -0.3 is 11.1 Å². The average molecular weight is 263 g/mol. The third-order valence-corrected chi connectivity index (χ3v) is 2.40. The Morgan fingerprint density at radius 2 is 1.87 bits per heavy atom. The van der Waals surface area contributed by atoms with Gasteiger partial charge in [0.25, 0.3) is 0 Å². The van der Waals surface area contributed by atoms with Crippen LogP contribution in [-0.4, -0.2) is 10.9 Å². The van der Waals surface area contributed by atoms with Gasteiger partial charge in [-0.15, -0.1) is 0 Å². The zero-order chi connectivity index (χ0) is 11.6. The second-order valence-electron chi connectivity index (χ2n) is 2.86. The van der Waals surface area contributed by atoms with E-state index in [9.17, 15) is 4.79 Å². The lowest BCUT2D eigenvalue weighted by atomic mass is 10.1. The quantitative estimate of drug-likeness (QED) is 0.636. The molecule has 0 aromatic heterocycles. The van der Waals surface area contributed by atoms with Crippen molar-refractivity contribution in [2.45, 2.75) is 6.92 Å². The Balaban J connectivity index is 3.21. The summed E-state index contributed by atoms with van der Waals surface area (Å²) in [6.07, 6.45) is 0. The van der Waals surface area contributed by atoms with Gasteiger partial charge in [-0.3, -0.25) is 4.79 Å². The lowest BCUT2D eigenvalue weighted by Crippen LogP contribution is -2.19. The van der Waals surface area contributed by atoms with Crippen molar-refractivity contribution in [2.75, 3.05) is 5.32 Å². The summed E-state index contributed by atoms with van der Waals surface area (Å²) in [7, 11) is 0. The average Bonchev–Trinajstić information content (AvgIpc) is 2.10. The maximum absolute atomic E-state index is 11.1. The molecule has 0 atom stereocenters. The van der Waals surface area contributed by atoms with Crippen LogP contribution >= 0.6 is 35.4 Å². The summed E-state index contributed by atoms with van der Waals surface area (Å²) in [5.41, 5.74) is 6.15. The normalized spacial score (nSPS) is 9.80. The fourth-order valence-electron chi connectivity index (χ4n) is 1.02. The van der Waals surface area contributed by atoms with Crippen LogP contribution in [0.5, 0.6) is 0 Å². The highest BCUT2D eigenvalue weighted by molar-refractivity contribution is 7.80. The SMILES string of the molecule is CC(=O)c1cc(Cl)c(NC(N)=S)c(Cl)c1. The summed E-state index contributed by atoms with van der Waals surface area (Å²) < 4.78 is 0. The number of Topliss-reactive ketones (excluding diaryl/α,β-unsaturated/α-hetero) is 1. The van der Waals surface area contributed by atoms with Gasteiger partial charge in [-0.1, -0.05) is 23.2 Å². The van der Waals surface area contributed by atoms with Gasteiger partial charge in [0.2, 0.25) is 0 Å². The van der Waals surface area contributed by atoms with Crippen molar-refractivity contribution in [3.05, 3.63) is 27.7 Å². The first-order valence-electron chi connectivity index (χ1n) is 3.98. The maximum Gasteiger partial charge on any atom is 0.168 e. The fraction of sp³-hybridized carbons (Fsp3) is 0.111. The molecule has 0 aliphatic rings. The van der Waals surface area contributed by atoms with Crippen molar-refractivity contribution in [1.29, 1.82) is 0 Å². The molecule has 1 rings (SSSR count). The number of nitrogens with two attached hydrogens (primary N) is 1. The van der Waals surface area contributed by atoms with Crippen molar-refractivity contribution in [2.24, 2.45) is 5.73 Å². The van der Waals surface area contributed by atoms with Gasteiger partial charge in [0.05, 0.1) is 15.7 Å². The first-order valence-corrected chi connectivity index (χ1v) is 5.14. The molecule has 0 radical (unpaired) electrons. The van der Waals surface area contributed by atoms with Gasteiger partial charge in [-0.25, -0.2) is 0 Å². The molecular weight excluding hydrogens is 255 g/mol. The van der Waals surface area contributed by atoms with Gasteiger partial charge >= 0.3 is 0 Å². The number of hydrogen-bond acceptors (Lipinski definition) is 2. The zero-order valence-corrected chi connectivity index (χ0v) is 10.1. The van der Waals surface area contributed by atoms with Crippen molar-refractivity contribution in [3.8, 4) is 0 Å². The predicted molar refractivity (Wildman–Crippen MR) is 66.9 cm³/mol. The van der Waals surface area contributed by atoms with Crippen LogP contribution in [0, 0.1) is 0 Å². The molecular formula is C9H8Cl2N2OS. The lowest BCUT2D eigenvalue weighted by molar-refractivity contribution is 0.101. The molecule has 3 nitrogen and oxygen atoms in total. The molecule has 0 fully saturated rings. The van der Waals surface area contributed by atoms with Crippen molar-refractivity contribution in [3.63, 3.8) is 0 Å². The predicted octanol–water partition coefficient (Wildman–Crippen LogP) is 2.85. The molecule has 0 aliphatic heterocycles. The van der Waals surface area contributed by atoms with Crippen LogP contribution < -0.4 is 11.1 Å². The molecule has 15 heavy (non-hydrogen) atoms. The number of carbonyl (C=O) groups is 1. The topological polar surface area (TPSA) is 55.1 Å². The number of benzene rings is 1. The summed E-state index contributed by atoms with van der Waals surface area (Å²) in [5.74, 6) is -0.110. The van der Waals surface area contributed by atoms with E-state index in [2.05, 4.69) is 17.5 Å². The van der Waals surface area contributed by atoms with Crippen LogP contribution in [0.15, 0.2) is 12.1 Å². The lowest BCUT2D eigenvalue weighted by Gasteiger charge is -2.09. The first kappa shape index (κ1) is 12.2. The van der Waals surface area contributed by atoms with Crippen LogP contribution in [0.25, 0.3) is 0 Å². The third kappa shape index (κ3) is 3.06. The summed E-state index contributed by atoms with van der Waals surface area (Å²) in [6.45, 7) is 1.43. The molecule has 1 aromatic carbocycles. The van der Waals surface area contributed by atoms with E-state index in [0.717, 1.165) is 0 Å². The van der Waals surface area contributed by atoms with Crippen LogP contribution in [0.2, 0.25) is 10.0 Å². The fourth-order valence-corrected chi connectivity index (χ4v) is 1.70. The highest BCUT2D eigenvalue weighted by Gasteiger charge is 2.10. The van der Waals surface area contributed by atoms with Crippen LogP contribution in [-0.2, 0) is 0 Å². The smallest absolute Gasteiger partial charge is 0.168 e. The second-order valence-corrected chi connectivity index (χ2v) is 4.11. The molecule has 80 valence electrons. The highest BCUT2D eigenvalue weighted by Crippen LogP contribution is 2.31. The maximum atomic E-state index is 11.1. The summed E-state index contributed by atoms with van der Waals surface area (Å²) >= 11 is 16.5. The Morgan fingerprint density at radius 1 is 1.40 bits per heavy atom. The van der Waals surface area contributed by atoms with E-state index in [0.29, 0.717) is 21.3 Å². The van der Waals surface area contributed by atoms with Crippen LogP contribution in [0.4, 0.5) is 5.69 Å². The van der Waals surface area contributed by atoms with E-state index in [-0.39, 0.29) is 10.9 Å². The second kappa shape index (κ2) is 4.79. The first-order chi connectivity index (χ1) is 6.91. The Morgan fingerprint density at radius 3 is 2.20 bits per heavy atom. The number of halogens is 2. The van der Waals surface area contributed by atoms with Gasteiger partial charge in [0.1, 0.15) is 0 Å². The Bertz CT molecular complexity index is 411. The molecule has 0 spiro atoms. The molecule has 6 heteroatoms. The van der Waals surface area contributed by atoms with Crippen molar-refractivity contribution < 1.29 is 4.79 Å². The number of carbonyl (C=O) groups excluding carboxylic acids is 1. The molecule has 0 saturated heterocycles. The molecule has 0 amide bonds. The Kier molecular flexibility index (Phi) is 3.90. The molecule has 3 N–H and O–H groups in total. The monoisotopic (exact) mass is 262 g/mol. The molecule has 0 unspecified atom stereocenters. The van der Waals surface area contributed by atoms with Crippen molar-refractivity contribution in [1.82, 2.24) is 0 Å². The van der Waals surface area contributed by atoms with Gasteiger partial charge in [-0.2, -0.15) is 0 Å². The Labute approximate surface area is 103 Å². The van der Waals surface area contributed by atoms with Gasteiger partial charge in [0.15, 0.2) is 10.9 Å². The minimum Gasteiger partial charge on any atom is -0.376 e. The zero-order valence-electron chi connectivity index (χ0n) is 7.80. The van der Waals surface area contributed by atoms with E-state index < -0.39 is 0 Å². The number of thiocarbonyl (C=S) groups is 1. The highest BCUT2D eigenvalue weighted by atomic mass is 35.5. The minimum atomic E-state index is -0.110. The molecule has 0 aliphatic carbocycles. The summed E-state index contributed by atoms with van der Waals surface area (Å²) in [6, 6.07) is 3.02. The van der Waals surface area contributed by atoms with E-state index in [1.165, 1.54) is 19.1 Å². The molecule has 1 aromatic rings. The van der Waals surface area contributed by atoms with E-state index in [4.69, 9.17) is 28.9 Å². The van der Waals surface area contributed by atoms with Gasteiger partial charge in [-0.05, 0) is 31.3 Å². The standard InChI is InChI=1S/C9H8Cl2N2OS/c1-4(14)5-2-6(10)8(7(11)3-5)13-9(12)15/h2-3H,1H3,(H3,12,13,15). The van der Waals surface area contributed by atoms with E-state index >= 15 is 0 Å². The van der Waals surface area contributed by atoms with E-state index in [1.54, 1.807) is 0 Å². The largest absolute Gasteiger partial charge is 0.376 e. The summed E-state index contributed by atoms with van der Waals surface area (Å²) in [4.78, 5) is 11.1. The molecule has 0 heterocycles. The number of ketones is 1. The van der Waals surface area contributed by atoms with Crippen LogP contribution in [0.3, 0.4) is 0 Å². The van der Waals surface area contributed by atoms with Crippen molar-refractivity contribution >= 4 is 52.0 Å². The van der Waals surface area contributed by atoms with E-state index in [1.807, 2.05) is 0 Å². The van der Waals surface area contributed by atoms with Gasteiger partial charge in [0, 0.05) is 5.56 Å². The summed E-state index contributed by atoms with van der Waals surface area (Å²) in [5, 5.41) is 3.32. The number of anilines is 1. The number of hydrogen-bond donors (Lipinski definition) is 2. The minimum absolute atomic E-state index is 0.0642. The Hall–Kier alpha value is -0.840. The third-order valence-electron chi connectivity index (χ3n) is 1.70. The molecule has 0 saturated carbocycles.